The summed E-state index contributed by atoms with van der Waals surface area (Å²) in [6.07, 6.45) is 2.01. The third kappa shape index (κ3) is 2.93. The number of hydrogen-bond donors (Lipinski definition) is 0. The molecule has 24 heavy (non-hydrogen) atoms. The van der Waals surface area contributed by atoms with Crippen molar-refractivity contribution in [3.05, 3.63) is 59.8 Å². The van der Waals surface area contributed by atoms with Crippen LogP contribution in [0, 0.1) is 0 Å². The van der Waals surface area contributed by atoms with Gasteiger partial charge in [-0.25, -0.2) is 4.79 Å². The molecule has 5 heteroatoms. The maximum atomic E-state index is 11.5. The summed E-state index contributed by atoms with van der Waals surface area (Å²) in [4.78, 5) is 11.5. The Morgan fingerprint density at radius 2 is 1.75 bits per heavy atom. The first-order chi connectivity index (χ1) is 11.7. The Labute approximate surface area is 140 Å². The van der Waals surface area contributed by atoms with Crippen molar-refractivity contribution in [1.82, 2.24) is 4.57 Å². The molecule has 0 radical (unpaired) electrons. The highest BCUT2D eigenvalue weighted by atomic mass is 16.5. The van der Waals surface area contributed by atoms with Crippen LogP contribution in [-0.2, 0) is 11.3 Å². The van der Waals surface area contributed by atoms with Crippen LogP contribution in [0.15, 0.2) is 48.7 Å². The molecule has 3 rings (SSSR count). The highest BCUT2D eigenvalue weighted by Gasteiger charge is 2.10. The van der Waals surface area contributed by atoms with E-state index < -0.39 is 0 Å². The molecular formula is C19H19NO4. The fourth-order valence-electron chi connectivity index (χ4n) is 2.72. The van der Waals surface area contributed by atoms with Gasteiger partial charge in [0.2, 0.25) is 0 Å². The molecule has 0 bridgehead atoms. The SMILES string of the molecule is COC(=O)c1ccc(Cn2ccc3c(OC)cc(OC)cc32)cc1. The lowest BCUT2D eigenvalue weighted by Gasteiger charge is -2.10. The van der Waals surface area contributed by atoms with Crippen LogP contribution < -0.4 is 9.47 Å². The van der Waals surface area contributed by atoms with E-state index in [0.29, 0.717) is 12.1 Å². The number of nitrogens with zero attached hydrogens (tertiary/aromatic N) is 1. The maximum Gasteiger partial charge on any atom is 0.337 e. The molecule has 124 valence electrons. The summed E-state index contributed by atoms with van der Waals surface area (Å²) in [5.74, 6) is 1.20. The van der Waals surface area contributed by atoms with Gasteiger partial charge in [0.15, 0.2) is 0 Å². The predicted molar refractivity (Wildman–Crippen MR) is 91.9 cm³/mol. The third-order valence-electron chi connectivity index (χ3n) is 4.01. The Bertz CT molecular complexity index is 865. The van der Waals surface area contributed by atoms with E-state index in [9.17, 15) is 4.79 Å². The van der Waals surface area contributed by atoms with Gasteiger partial charge in [-0.2, -0.15) is 0 Å². The van der Waals surface area contributed by atoms with Crippen molar-refractivity contribution in [2.24, 2.45) is 0 Å². The van der Waals surface area contributed by atoms with Crippen molar-refractivity contribution < 1.29 is 19.0 Å². The maximum absolute atomic E-state index is 11.5. The molecule has 2 aromatic carbocycles. The predicted octanol–water partition coefficient (Wildman–Crippen LogP) is 3.49. The number of carbonyl (C=O) groups is 1. The minimum atomic E-state index is -0.331. The van der Waals surface area contributed by atoms with E-state index in [1.807, 2.05) is 36.5 Å². The van der Waals surface area contributed by atoms with E-state index in [4.69, 9.17) is 14.2 Å². The van der Waals surface area contributed by atoms with Crippen LogP contribution in [0.4, 0.5) is 0 Å². The molecule has 0 aliphatic heterocycles. The Balaban J connectivity index is 1.94. The second-order valence-electron chi connectivity index (χ2n) is 5.39. The van der Waals surface area contributed by atoms with Crippen LogP contribution in [-0.4, -0.2) is 31.9 Å². The van der Waals surface area contributed by atoms with E-state index in [2.05, 4.69) is 4.57 Å². The number of rotatable bonds is 5. The summed E-state index contributed by atoms with van der Waals surface area (Å²) in [5.41, 5.74) is 2.66. The van der Waals surface area contributed by atoms with Gasteiger partial charge in [-0.05, 0) is 23.8 Å². The Morgan fingerprint density at radius 1 is 1.00 bits per heavy atom. The number of benzene rings is 2. The number of ether oxygens (including phenoxy) is 3. The minimum absolute atomic E-state index is 0.331. The zero-order valence-corrected chi connectivity index (χ0v) is 13.9. The highest BCUT2D eigenvalue weighted by Crippen LogP contribution is 2.32. The Kier molecular flexibility index (Phi) is 4.42. The smallest absolute Gasteiger partial charge is 0.337 e. The molecule has 0 atom stereocenters. The van der Waals surface area contributed by atoms with Crippen LogP contribution in [0.2, 0.25) is 0 Å². The summed E-state index contributed by atoms with van der Waals surface area (Å²) in [6, 6.07) is 13.3. The van der Waals surface area contributed by atoms with Gasteiger partial charge in [-0.1, -0.05) is 12.1 Å². The summed E-state index contributed by atoms with van der Waals surface area (Å²) >= 11 is 0. The normalized spacial score (nSPS) is 10.6. The van der Waals surface area contributed by atoms with Crippen molar-refractivity contribution in [3.8, 4) is 11.5 Å². The number of methoxy groups -OCH3 is 3. The molecule has 0 spiro atoms. The first-order valence-corrected chi connectivity index (χ1v) is 7.54. The topological polar surface area (TPSA) is 49.7 Å². The Morgan fingerprint density at radius 3 is 2.38 bits per heavy atom. The number of esters is 1. The van der Waals surface area contributed by atoms with E-state index in [1.54, 1.807) is 26.4 Å². The molecule has 0 aliphatic carbocycles. The zero-order chi connectivity index (χ0) is 17.1. The average Bonchev–Trinajstić information content (AvgIpc) is 3.03. The molecule has 0 unspecified atom stereocenters. The number of carbonyl (C=O) groups excluding carboxylic acids is 1. The summed E-state index contributed by atoms with van der Waals surface area (Å²) in [7, 11) is 4.67. The van der Waals surface area contributed by atoms with Crippen molar-refractivity contribution in [1.29, 1.82) is 0 Å². The molecule has 0 saturated carbocycles. The number of hydrogen-bond acceptors (Lipinski definition) is 4. The molecule has 0 saturated heterocycles. The zero-order valence-electron chi connectivity index (χ0n) is 13.9. The fraction of sp³-hybridized carbons (Fsp3) is 0.211. The van der Waals surface area contributed by atoms with Gasteiger partial charge in [0.05, 0.1) is 32.4 Å². The van der Waals surface area contributed by atoms with Crippen LogP contribution in [0.1, 0.15) is 15.9 Å². The molecule has 5 nitrogen and oxygen atoms in total. The molecule has 1 aromatic heterocycles. The van der Waals surface area contributed by atoms with E-state index in [-0.39, 0.29) is 5.97 Å². The number of aromatic nitrogens is 1. The van der Waals surface area contributed by atoms with E-state index in [0.717, 1.165) is 28.0 Å². The van der Waals surface area contributed by atoms with Crippen molar-refractivity contribution in [2.75, 3.05) is 21.3 Å². The largest absolute Gasteiger partial charge is 0.497 e. The molecule has 1 heterocycles. The summed E-state index contributed by atoms with van der Waals surface area (Å²) < 4.78 is 17.6. The molecule has 0 amide bonds. The summed E-state index contributed by atoms with van der Waals surface area (Å²) in [6.45, 7) is 0.682. The van der Waals surface area contributed by atoms with E-state index >= 15 is 0 Å². The lowest BCUT2D eigenvalue weighted by Crippen LogP contribution is -2.02. The monoisotopic (exact) mass is 325 g/mol. The second-order valence-corrected chi connectivity index (χ2v) is 5.39. The first kappa shape index (κ1) is 15.9. The van der Waals surface area contributed by atoms with Crippen LogP contribution in [0.3, 0.4) is 0 Å². The lowest BCUT2D eigenvalue weighted by molar-refractivity contribution is 0.0600. The molecule has 0 N–H and O–H groups in total. The van der Waals surface area contributed by atoms with Crippen LogP contribution >= 0.6 is 0 Å². The van der Waals surface area contributed by atoms with Gasteiger partial charge in [0.1, 0.15) is 11.5 Å². The second kappa shape index (κ2) is 6.66. The van der Waals surface area contributed by atoms with Gasteiger partial charge in [-0.3, -0.25) is 0 Å². The van der Waals surface area contributed by atoms with Gasteiger partial charge in [0.25, 0.3) is 0 Å². The van der Waals surface area contributed by atoms with Gasteiger partial charge >= 0.3 is 5.97 Å². The minimum Gasteiger partial charge on any atom is -0.497 e. The average molecular weight is 325 g/mol. The quantitative estimate of drug-likeness (QED) is 0.674. The lowest BCUT2D eigenvalue weighted by atomic mass is 10.1. The third-order valence-corrected chi connectivity index (χ3v) is 4.01. The molecule has 0 aliphatic rings. The highest BCUT2D eigenvalue weighted by molar-refractivity contribution is 5.89. The van der Waals surface area contributed by atoms with Crippen LogP contribution in [0.5, 0.6) is 11.5 Å². The first-order valence-electron chi connectivity index (χ1n) is 7.54. The number of fused-ring (bicyclic) bond motifs is 1. The van der Waals surface area contributed by atoms with Crippen molar-refractivity contribution >= 4 is 16.9 Å². The van der Waals surface area contributed by atoms with Crippen LogP contribution in [0.25, 0.3) is 10.9 Å². The van der Waals surface area contributed by atoms with Gasteiger partial charge in [-0.15, -0.1) is 0 Å². The standard InChI is InChI=1S/C19H19NO4/c1-22-15-10-17-16(18(11-15)23-2)8-9-20(17)12-13-4-6-14(7-5-13)19(21)24-3/h4-11H,12H2,1-3H3. The van der Waals surface area contributed by atoms with Crippen molar-refractivity contribution in [2.45, 2.75) is 6.54 Å². The summed E-state index contributed by atoms with van der Waals surface area (Å²) in [5, 5.41) is 1.03. The molecule has 0 fully saturated rings. The Hall–Kier alpha value is -2.95. The molecular weight excluding hydrogens is 306 g/mol. The molecule has 3 aromatic rings. The fourth-order valence-corrected chi connectivity index (χ4v) is 2.72. The van der Waals surface area contributed by atoms with Crippen molar-refractivity contribution in [3.63, 3.8) is 0 Å². The van der Waals surface area contributed by atoms with E-state index in [1.165, 1.54) is 7.11 Å². The van der Waals surface area contributed by atoms with Gasteiger partial charge in [0, 0.05) is 30.3 Å². The van der Waals surface area contributed by atoms with Gasteiger partial charge < -0.3 is 18.8 Å².